The maximum Gasteiger partial charge on any atom is 0.272 e. The van der Waals surface area contributed by atoms with Crippen molar-refractivity contribution >= 4 is 34.0 Å². The molecule has 0 spiro atoms. The monoisotopic (exact) mass is 429 g/mol. The Morgan fingerprint density at radius 1 is 1.14 bits per heavy atom. The predicted octanol–water partition coefficient (Wildman–Crippen LogP) is 3.18. The molecule has 0 atom stereocenters. The third-order valence-electron chi connectivity index (χ3n) is 5.35. The smallest absolute Gasteiger partial charge is 0.272 e. The van der Waals surface area contributed by atoms with Crippen LogP contribution in [0.2, 0.25) is 5.15 Å². The van der Waals surface area contributed by atoms with Crippen LogP contribution in [0.4, 0.5) is 0 Å². The average molecular weight is 430 g/mol. The van der Waals surface area contributed by atoms with E-state index in [-0.39, 0.29) is 5.91 Å². The number of rotatable bonds is 3. The summed E-state index contributed by atoms with van der Waals surface area (Å²) in [6.07, 6.45) is 4.71. The maximum atomic E-state index is 12.9. The second-order valence-electron chi connectivity index (χ2n) is 7.54. The SMILES string of the molecule is Cc1nc(Cl)c(C)c(C(=O)N2CCC(N3CCC(=NS(C)(O)O)CC3)CC2)n1. The number of aromatic nitrogens is 2. The van der Waals surface area contributed by atoms with Gasteiger partial charge in [0.05, 0.1) is 0 Å². The first-order chi connectivity index (χ1) is 13.1. The fourth-order valence-electron chi connectivity index (χ4n) is 3.87. The van der Waals surface area contributed by atoms with Gasteiger partial charge in [-0.3, -0.25) is 18.8 Å². The minimum atomic E-state index is -2.81. The molecule has 10 heteroatoms. The van der Waals surface area contributed by atoms with Gasteiger partial charge in [0, 0.05) is 62.6 Å². The van der Waals surface area contributed by atoms with Gasteiger partial charge in [-0.2, -0.15) is 4.40 Å². The van der Waals surface area contributed by atoms with Crippen LogP contribution in [0.25, 0.3) is 0 Å². The van der Waals surface area contributed by atoms with E-state index in [9.17, 15) is 13.9 Å². The first kappa shape index (κ1) is 21.4. The van der Waals surface area contributed by atoms with Crippen LogP contribution in [-0.4, -0.2) is 79.0 Å². The largest absolute Gasteiger partial charge is 0.337 e. The first-order valence-electron chi connectivity index (χ1n) is 9.49. The molecule has 1 aromatic heterocycles. The van der Waals surface area contributed by atoms with E-state index in [4.69, 9.17) is 11.6 Å². The van der Waals surface area contributed by atoms with Crippen molar-refractivity contribution in [3.05, 3.63) is 22.2 Å². The Kier molecular flexibility index (Phi) is 6.61. The van der Waals surface area contributed by atoms with Gasteiger partial charge in [0.15, 0.2) is 0 Å². The van der Waals surface area contributed by atoms with Gasteiger partial charge >= 0.3 is 0 Å². The van der Waals surface area contributed by atoms with Gasteiger partial charge in [0.1, 0.15) is 16.7 Å². The number of hydrogen-bond donors (Lipinski definition) is 2. The van der Waals surface area contributed by atoms with Crippen LogP contribution in [0.1, 0.15) is 47.6 Å². The van der Waals surface area contributed by atoms with Crippen LogP contribution in [-0.2, 0) is 0 Å². The molecule has 3 rings (SSSR count). The van der Waals surface area contributed by atoms with E-state index in [1.54, 1.807) is 13.8 Å². The van der Waals surface area contributed by atoms with Crippen molar-refractivity contribution in [3.8, 4) is 0 Å². The minimum absolute atomic E-state index is 0.0791. The van der Waals surface area contributed by atoms with Crippen molar-refractivity contribution in [1.82, 2.24) is 19.8 Å². The maximum absolute atomic E-state index is 12.9. The third kappa shape index (κ3) is 5.21. The zero-order valence-corrected chi connectivity index (χ0v) is 18.1. The topological polar surface area (TPSA) is 102 Å². The molecule has 1 aromatic rings. The molecule has 0 radical (unpaired) electrons. The third-order valence-corrected chi connectivity index (χ3v) is 6.32. The van der Waals surface area contributed by atoms with E-state index in [2.05, 4.69) is 19.3 Å². The molecule has 3 heterocycles. The van der Waals surface area contributed by atoms with Crippen molar-refractivity contribution < 1.29 is 13.9 Å². The quantitative estimate of drug-likeness (QED) is 0.715. The second kappa shape index (κ2) is 8.62. The van der Waals surface area contributed by atoms with Crippen LogP contribution in [0.5, 0.6) is 0 Å². The van der Waals surface area contributed by atoms with Gasteiger partial charge in [-0.1, -0.05) is 11.6 Å². The Balaban J connectivity index is 1.56. The van der Waals surface area contributed by atoms with Crippen molar-refractivity contribution in [3.63, 3.8) is 0 Å². The van der Waals surface area contributed by atoms with E-state index in [0.717, 1.165) is 44.5 Å². The number of hydrogen-bond acceptors (Lipinski definition) is 7. The van der Waals surface area contributed by atoms with Crippen molar-refractivity contribution in [2.24, 2.45) is 4.40 Å². The van der Waals surface area contributed by atoms with Gasteiger partial charge in [-0.05, 0) is 26.7 Å². The standard InChI is InChI=1S/C18H28ClN5O3S/c1-12-16(20-13(2)21-17(12)19)18(25)24-10-6-15(7-11-24)23-8-4-14(5-9-23)22-28(3,26)27/h15,26-27H,4-11H2,1-3H3. The molecule has 1 amide bonds. The summed E-state index contributed by atoms with van der Waals surface area (Å²) in [5.41, 5.74) is 1.91. The van der Waals surface area contributed by atoms with E-state index in [1.165, 1.54) is 6.26 Å². The molecule has 2 saturated heterocycles. The molecule has 2 aliphatic rings. The highest BCUT2D eigenvalue weighted by Crippen LogP contribution is 2.36. The van der Waals surface area contributed by atoms with E-state index in [1.807, 2.05) is 4.90 Å². The average Bonchev–Trinajstić information content (AvgIpc) is 2.63. The highest BCUT2D eigenvalue weighted by atomic mass is 35.5. The first-order valence-corrected chi connectivity index (χ1v) is 11.8. The van der Waals surface area contributed by atoms with Gasteiger partial charge in [-0.15, -0.1) is 10.8 Å². The lowest BCUT2D eigenvalue weighted by atomic mass is 9.99. The van der Waals surface area contributed by atoms with Crippen LogP contribution in [0, 0.1) is 13.8 Å². The molecule has 156 valence electrons. The van der Waals surface area contributed by atoms with E-state index in [0.29, 0.717) is 41.4 Å². The van der Waals surface area contributed by atoms with Gasteiger partial charge in [0.25, 0.3) is 5.91 Å². The van der Waals surface area contributed by atoms with Gasteiger partial charge in [0.2, 0.25) is 0 Å². The summed E-state index contributed by atoms with van der Waals surface area (Å²) in [6, 6.07) is 0.435. The number of carbonyl (C=O) groups is 1. The van der Waals surface area contributed by atoms with Gasteiger partial charge in [-0.25, -0.2) is 9.97 Å². The predicted molar refractivity (Wildman–Crippen MR) is 112 cm³/mol. The molecule has 0 aromatic carbocycles. The molecule has 0 unspecified atom stereocenters. The molecule has 2 aliphatic heterocycles. The molecular weight excluding hydrogens is 402 g/mol. The molecule has 2 N–H and O–H groups in total. The van der Waals surface area contributed by atoms with Crippen molar-refractivity contribution in [1.29, 1.82) is 0 Å². The van der Waals surface area contributed by atoms with Crippen LogP contribution in [0.15, 0.2) is 4.40 Å². The van der Waals surface area contributed by atoms with E-state index >= 15 is 0 Å². The van der Waals surface area contributed by atoms with Crippen LogP contribution in [0.3, 0.4) is 0 Å². The molecule has 0 bridgehead atoms. The normalized spacial score (nSPS) is 20.4. The molecule has 8 nitrogen and oxygen atoms in total. The summed E-state index contributed by atoms with van der Waals surface area (Å²) in [4.78, 5) is 25.6. The van der Waals surface area contributed by atoms with Crippen molar-refractivity contribution in [2.75, 3.05) is 32.4 Å². The van der Waals surface area contributed by atoms with Crippen molar-refractivity contribution in [2.45, 2.75) is 45.6 Å². The summed E-state index contributed by atoms with van der Waals surface area (Å²) in [6.45, 7) is 6.63. The molecule has 2 fully saturated rings. The number of nitrogens with zero attached hydrogens (tertiary/aromatic N) is 5. The number of aryl methyl sites for hydroxylation is 1. The Morgan fingerprint density at radius 2 is 1.75 bits per heavy atom. The summed E-state index contributed by atoms with van der Waals surface area (Å²) < 4.78 is 23.0. The number of halogens is 1. The molecular formula is C18H28ClN5O3S. The Labute approximate surface area is 172 Å². The highest BCUT2D eigenvalue weighted by Gasteiger charge is 2.30. The summed E-state index contributed by atoms with van der Waals surface area (Å²) in [5.74, 6) is 0.424. The summed E-state index contributed by atoms with van der Waals surface area (Å²) >= 11 is 6.11. The summed E-state index contributed by atoms with van der Waals surface area (Å²) in [5, 5.41) is 0.334. The number of piperidine rings is 2. The lowest BCUT2D eigenvalue weighted by Crippen LogP contribution is -2.49. The number of carbonyl (C=O) groups excluding carboxylic acids is 1. The molecule has 0 aliphatic carbocycles. The van der Waals surface area contributed by atoms with Crippen LogP contribution < -0.4 is 0 Å². The number of amides is 1. The van der Waals surface area contributed by atoms with Crippen LogP contribution >= 0.6 is 22.4 Å². The lowest BCUT2D eigenvalue weighted by molar-refractivity contribution is 0.0611. The fourth-order valence-corrected chi connectivity index (χ4v) is 4.75. The molecule has 0 saturated carbocycles. The Bertz CT molecular complexity index is 765. The lowest BCUT2D eigenvalue weighted by Gasteiger charge is -2.40. The van der Waals surface area contributed by atoms with Gasteiger partial charge < -0.3 is 4.90 Å². The summed E-state index contributed by atoms with van der Waals surface area (Å²) in [7, 11) is -2.81. The molecule has 28 heavy (non-hydrogen) atoms. The fraction of sp³-hybridized carbons (Fsp3) is 0.667. The Morgan fingerprint density at radius 3 is 2.32 bits per heavy atom. The zero-order chi connectivity index (χ0) is 20.5. The Hall–Kier alpha value is -1.26. The second-order valence-corrected chi connectivity index (χ2v) is 9.67. The zero-order valence-electron chi connectivity index (χ0n) is 16.6. The number of likely N-dealkylation sites (tertiary alicyclic amines) is 2. The highest BCUT2D eigenvalue weighted by molar-refractivity contribution is 8.22. The van der Waals surface area contributed by atoms with E-state index < -0.39 is 10.8 Å². The minimum Gasteiger partial charge on any atom is -0.337 e.